The molecule has 35 heavy (non-hydrogen) atoms. The second-order valence-corrected chi connectivity index (χ2v) is 9.39. The quantitative estimate of drug-likeness (QED) is 0.280. The number of amides is 1. The van der Waals surface area contributed by atoms with Gasteiger partial charge in [0.1, 0.15) is 11.6 Å². The van der Waals surface area contributed by atoms with E-state index in [9.17, 15) is 9.18 Å². The monoisotopic (exact) mass is 471 g/mol. The second-order valence-electron chi connectivity index (χ2n) is 9.39. The highest BCUT2D eigenvalue weighted by atomic mass is 19.1. The van der Waals surface area contributed by atoms with Gasteiger partial charge in [-0.15, -0.1) is 0 Å². The number of nitrogens with one attached hydrogen (secondary N) is 1. The number of halogens is 1. The van der Waals surface area contributed by atoms with Crippen LogP contribution in [0.5, 0.6) is 0 Å². The molecular formula is C30H34FN3O. The molecule has 1 amide bonds. The number of carbonyl (C=O) groups excluding carboxylic acids is 1. The summed E-state index contributed by atoms with van der Waals surface area (Å²) in [5, 5.41) is 2.83. The summed E-state index contributed by atoms with van der Waals surface area (Å²) in [6.45, 7) is 10.1. The lowest BCUT2D eigenvalue weighted by molar-refractivity contribution is 0.0949. The number of para-hydroxylation sites is 2. The van der Waals surface area contributed by atoms with E-state index < -0.39 is 5.82 Å². The van der Waals surface area contributed by atoms with Crippen molar-refractivity contribution in [2.45, 2.75) is 59.9 Å². The van der Waals surface area contributed by atoms with Gasteiger partial charge in [-0.05, 0) is 92.6 Å². The summed E-state index contributed by atoms with van der Waals surface area (Å²) in [4.78, 5) is 17.1. The van der Waals surface area contributed by atoms with E-state index in [2.05, 4.69) is 61.8 Å². The van der Waals surface area contributed by atoms with E-state index in [-0.39, 0.29) is 11.5 Å². The summed E-state index contributed by atoms with van der Waals surface area (Å²) in [5.74, 6) is 0.252. The number of hydrogen-bond donors (Lipinski definition) is 1. The van der Waals surface area contributed by atoms with Gasteiger partial charge in [0.25, 0.3) is 5.91 Å². The molecule has 0 saturated carbocycles. The van der Waals surface area contributed by atoms with Crippen LogP contribution in [0.15, 0.2) is 54.6 Å². The molecule has 1 aromatic heterocycles. The molecule has 1 N–H and O–H groups in total. The fourth-order valence-corrected chi connectivity index (χ4v) is 4.71. The third kappa shape index (κ3) is 5.45. The van der Waals surface area contributed by atoms with Crippen LogP contribution in [0.4, 0.5) is 4.39 Å². The summed E-state index contributed by atoms with van der Waals surface area (Å²) in [7, 11) is 0. The summed E-state index contributed by atoms with van der Waals surface area (Å²) < 4.78 is 16.1. The van der Waals surface area contributed by atoms with Crippen molar-refractivity contribution in [3.8, 4) is 0 Å². The highest BCUT2D eigenvalue weighted by Gasteiger charge is 2.15. The van der Waals surface area contributed by atoms with Crippen LogP contribution in [0, 0.1) is 33.5 Å². The van der Waals surface area contributed by atoms with Crippen molar-refractivity contribution in [2.75, 3.05) is 6.54 Å². The Morgan fingerprint density at radius 2 is 1.60 bits per heavy atom. The standard InChI is InChI=1S/C30H34FN3O/c1-20-18-21(2)23(4)25(22(20)3)19-34-28-15-10-9-14-27(28)33-29(34)16-6-5-11-17-32-30(35)24-12-7-8-13-26(24)31/h7-10,12-15,18H,5-6,11,16-17,19H2,1-4H3,(H,32,35). The lowest BCUT2D eigenvalue weighted by Crippen LogP contribution is -2.25. The normalized spacial score (nSPS) is 11.2. The van der Waals surface area contributed by atoms with E-state index in [0.717, 1.165) is 49.1 Å². The SMILES string of the molecule is Cc1cc(C)c(C)c(Cn2c(CCCCCNC(=O)c3ccccc3F)nc3ccccc32)c1C. The highest BCUT2D eigenvalue weighted by molar-refractivity contribution is 5.94. The summed E-state index contributed by atoms with van der Waals surface area (Å²) >= 11 is 0. The fourth-order valence-electron chi connectivity index (χ4n) is 4.71. The molecule has 182 valence electrons. The minimum Gasteiger partial charge on any atom is -0.352 e. The Balaban J connectivity index is 1.41. The van der Waals surface area contributed by atoms with E-state index >= 15 is 0 Å². The number of aromatic nitrogens is 2. The lowest BCUT2D eigenvalue weighted by Gasteiger charge is -2.18. The number of unbranched alkanes of at least 4 members (excludes halogenated alkanes) is 2. The molecule has 0 aliphatic carbocycles. The zero-order valence-electron chi connectivity index (χ0n) is 21.1. The van der Waals surface area contributed by atoms with E-state index in [4.69, 9.17) is 4.98 Å². The molecule has 1 heterocycles. The minimum atomic E-state index is -0.488. The average molecular weight is 472 g/mol. The number of hydrogen-bond acceptors (Lipinski definition) is 2. The van der Waals surface area contributed by atoms with E-state index in [1.807, 2.05) is 6.07 Å². The first-order valence-electron chi connectivity index (χ1n) is 12.4. The largest absolute Gasteiger partial charge is 0.352 e. The van der Waals surface area contributed by atoms with Crippen LogP contribution < -0.4 is 5.32 Å². The lowest BCUT2D eigenvalue weighted by atomic mass is 9.94. The maximum absolute atomic E-state index is 13.8. The van der Waals surface area contributed by atoms with Crippen molar-refractivity contribution in [1.29, 1.82) is 0 Å². The molecule has 4 rings (SSSR count). The van der Waals surface area contributed by atoms with Gasteiger partial charge in [-0.2, -0.15) is 0 Å². The number of rotatable bonds is 9. The molecule has 0 fully saturated rings. The molecule has 5 heteroatoms. The maximum atomic E-state index is 13.8. The fraction of sp³-hybridized carbons (Fsp3) is 0.333. The van der Waals surface area contributed by atoms with Gasteiger partial charge in [0.15, 0.2) is 0 Å². The van der Waals surface area contributed by atoms with Gasteiger partial charge in [-0.1, -0.05) is 36.8 Å². The number of aryl methyl sites for hydroxylation is 3. The van der Waals surface area contributed by atoms with Crippen LogP contribution in [0.25, 0.3) is 11.0 Å². The molecule has 4 nitrogen and oxygen atoms in total. The topological polar surface area (TPSA) is 46.9 Å². The molecule has 3 aromatic carbocycles. The Bertz CT molecular complexity index is 1330. The first-order valence-corrected chi connectivity index (χ1v) is 12.4. The van der Waals surface area contributed by atoms with Crippen molar-refractivity contribution in [1.82, 2.24) is 14.9 Å². The molecule has 0 unspecified atom stereocenters. The molecule has 0 bridgehead atoms. The van der Waals surface area contributed by atoms with Crippen molar-refractivity contribution in [2.24, 2.45) is 0 Å². The number of nitrogens with zero attached hydrogens (tertiary/aromatic N) is 2. The van der Waals surface area contributed by atoms with E-state index in [0.29, 0.717) is 6.54 Å². The number of imidazole rings is 1. The van der Waals surface area contributed by atoms with Crippen molar-refractivity contribution in [3.05, 3.63) is 99.6 Å². The Labute approximate surface area is 207 Å². The molecule has 0 radical (unpaired) electrons. The molecular weight excluding hydrogens is 437 g/mol. The molecule has 0 aliphatic rings. The smallest absolute Gasteiger partial charge is 0.254 e. The summed E-state index contributed by atoms with van der Waals surface area (Å²) in [5.41, 5.74) is 9.01. The van der Waals surface area contributed by atoms with Gasteiger partial charge in [-0.25, -0.2) is 9.37 Å². The predicted molar refractivity (Wildman–Crippen MR) is 141 cm³/mol. The molecule has 0 atom stereocenters. The van der Waals surface area contributed by atoms with Gasteiger partial charge in [0.2, 0.25) is 0 Å². The van der Waals surface area contributed by atoms with Gasteiger partial charge < -0.3 is 9.88 Å². The summed E-state index contributed by atoms with van der Waals surface area (Å²) in [6, 6.07) is 16.7. The Morgan fingerprint density at radius 3 is 2.34 bits per heavy atom. The van der Waals surface area contributed by atoms with Crippen molar-refractivity contribution >= 4 is 16.9 Å². The third-order valence-electron chi connectivity index (χ3n) is 7.05. The van der Waals surface area contributed by atoms with Crippen LogP contribution >= 0.6 is 0 Å². The molecule has 0 spiro atoms. The van der Waals surface area contributed by atoms with Crippen LogP contribution in [0.3, 0.4) is 0 Å². The van der Waals surface area contributed by atoms with E-state index in [1.165, 1.54) is 39.9 Å². The van der Waals surface area contributed by atoms with Crippen LogP contribution in [0.1, 0.15) is 63.3 Å². The van der Waals surface area contributed by atoms with Gasteiger partial charge >= 0.3 is 0 Å². The van der Waals surface area contributed by atoms with Crippen LogP contribution in [-0.4, -0.2) is 22.0 Å². The van der Waals surface area contributed by atoms with Gasteiger partial charge in [0, 0.05) is 19.5 Å². The zero-order valence-corrected chi connectivity index (χ0v) is 21.1. The Hall–Kier alpha value is -3.47. The summed E-state index contributed by atoms with van der Waals surface area (Å²) in [6.07, 6.45) is 3.65. The Morgan fingerprint density at radius 1 is 0.914 bits per heavy atom. The highest BCUT2D eigenvalue weighted by Crippen LogP contribution is 2.26. The van der Waals surface area contributed by atoms with Gasteiger partial charge in [-0.3, -0.25) is 4.79 Å². The maximum Gasteiger partial charge on any atom is 0.254 e. The van der Waals surface area contributed by atoms with Crippen molar-refractivity contribution < 1.29 is 9.18 Å². The van der Waals surface area contributed by atoms with E-state index in [1.54, 1.807) is 12.1 Å². The Kier molecular flexibility index (Phi) is 7.64. The van der Waals surface area contributed by atoms with Crippen LogP contribution in [-0.2, 0) is 13.0 Å². The number of fused-ring (bicyclic) bond motifs is 1. The van der Waals surface area contributed by atoms with Crippen molar-refractivity contribution in [3.63, 3.8) is 0 Å². The average Bonchev–Trinajstić information content (AvgIpc) is 3.20. The zero-order chi connectivity index (χ0) is 24.9. The first-order chi connectivity index (χ1) is 16.9. The number of carbonyl (C=O) groups is 1. The third-order valence-corrected chi connectivity index (χ3v) is 7.05. The number of benzene rings is 3. The minimum absolute atomic E-state index is 0.0955. The van der Waals surface area contributed by atoms with Crippen LogP contribution in [0.2, 0.25) is 0 Å². The molecule has 0 aliphatic heterocycles. The predicted octanol–water partition coefficient (Wildman–Crippen LogP) is 6.60. The molecule has 0 saturated heterocycles. The molecule has 4 aromatic rings. The first kappa shape index (κ1) is 24.6. The second kappa shape index (κ2) is 10.9. The van der Waals surface area contributed by atoms with Gasteiger partial charge in [0.05, 0.1) is 16.6 Å².